The van der Waals surface area contributed by atoms with E-state index < -0.39 is 11.7 Å². The summed E-state index contributed by atoms with van der Waals surface area (Å²) in [7, 11) is 0. The Morgan fingerprint density at radius 3 is 2.54 bits per heavy atom. The molecule has 70 valence electrons. The molecule has 13 heavy (non-hydrogen) atoms. The monoisotopic (exact) mass is 207 g/mol. The zero-order valence-electron chi connectivity index (χ0n) is 6.40. The number of aromatic nitrogens is 1. The number of alkyl halides is 3. The fourth-order valence-corrected chi connectivity index (χ4v) is 0.944. The molecule has 0 amide bonds. The van der Waals surface area contributed by atoms with Crippen LogP contribution in [0, 0.1) is 0 Å². The second-order valence-corrected chi connectivity index (χ2v) is 2.66. The molecule has 1 nitrogen and oxygen atoms in total. The van der Waals surface area contributed by atoms with E-state index in [1.54, 1.807) is 0 Å². The minimum Gasteiger partial charge on any atom is -0.243 e. The van der Waals surface area contributed by atoms with Gasteiger partial charge in [-0.1, -0.05) is 24.3 Å². The van der Waals surface area contributed by atoms with Gasteiger partial charge in [0, 0.05) is 11.8 Å². The molecule has 0 aliphatic carbocycles. The van der Waals surface area contributed by atoms with Crippen LogP contribution in [0.1, 0.15) is 11.1 Å². The Bertz CT molecular complexity index is 333. The SMILES string of the molecule is C=Cc1cc(C(F)(F)F)cnc1Cl. The highest BCUT2D eigenvalue weighted by atomic mass is 35.5. The first-order chi connectivity index (χ1) is 5.95. The summed E-state index contributed by atoms with van der Waals surface area (Å²) in [5.41, 5.74) is -0.650. The molecule has 0 aliphatic rings. The van der Waals surface area contributed by atoms with Crippen LogP contribution in [-0.2, 0) is 6.18 Å². The van der Waals surface area contributed by atoms with Gasteiger partial charge in [-0.25, -0.2) is 4.98 Å². The summed E-state index contributed by atoms with van der Waals surface area (Å²) >= 11 is 5.50. The molecule has 0 N–H and O–H groups in total. The van der Waals surface area contributed by atoms with Crippen LogP contribution in [0.5, 0.6) is 0 Å². The van der Waals surface area contributed by atoms with E-state index in [9.17, 15) is 13.2 Å². The molecular formula is C8H5ClF3N. The van der Waals surface area contributed by atoms with Crippen LogP contribution in [0.4, 0.5) is 13.2 Å². The van der Waals surface area contributed by atoms with Gasteiger partial charge in [0.05, 0.1) is 5.56 Å². The summed E-state index contributed by atoms with van der Waals surface area (Å²) in [5, 5.41) is 0.0167. The second-order valence-electron chi connectivity index (χ2n) is 2.31. The van der Waals surface area contributed by atoms with Crippen molar-refractivity contribution in [1.82, 2.24) is 4.98 Å². The summed E-state index contributed by atoms with van der Waals surface area (Å²) in [6, 6.07) is 0.905. The summed E-state index contributed by atoms with van der Waals surface area (Å²) in [6.45, 7) is 3.32. The lowest BCUT2D eigenvalue weighted by molar-refractivity contribution is -0.137. The van der Waals surface area contributed by atoms with Crippen molar-refractivity contribution in [2.45, 2.75) is 6.18 Å². The number of nitrogens with zero attached hydrogens (tertiary/aromatic N) is 1. The molecule has 0 radical (unpaired) electrons. The van der Waals surface area contributed by atoms with Crippen molar-refractivity contribution in [3.05, 3.63) is 35.1 Å². The number of pyridine rings is 1. The molecule has 1 heterocycles. The molecule has 1 rings (SSSR count). The molecule has 0 saturated heterocycles. The van der Waals surface area contributed by atoms with E-state index in [4.69, 9.17) is 11.6 Å². The Kier molecular flexibility index (Phi) is 2.61. The molecule has 0 saturated carbocycles. The molecule has 0 aromatic carbocycles. The van der Waals surface area contributed by atoms with Crippen molar-refractivity contribution in [1.29, 1.82) is 0 Å². The molecule has 1 aromatic rings. The minimum atomic E-state index is -4.39. The second kappa shape index (κ2) is 3.38. The van der Waals surface area contributed by atoms with E-state index in [1.807, 2.05) is 0 Å². The van der Waals surface area contributed by atoms with Gasteiger partial charge in [0.1, 0.15) is 5.15 Å². The Morgan fingerprint density at radius 2 is 2.08 bits per heavy atom. The van der Waals surface area contributed by atoms with Crippen molar-refractivity contribution in [2.24, 2.45) is 0 Å². The van der Waals surface area contributed by atoms with Gasteiger partial charge in [-0.05, 0) is 6.07 Å². The summed E-state index contributed by atoms with van der Waals surface area (Å²) in [6.07, 6.45) is -2.48. The van der Waals surface area contributed by atoms with E-state index in [0.29, 0.717) is 6.20 Å². The molecule has 1 aromatic heterocycles. The van der Waals surface area contributed by atoms with Crippen molar-refractivity contribution >= 4 is 17.7 Å². The van der Waals surface area contributed by atoms with Gasteiger partial charge in [-0.2, -0.15) is 13.2 Å². The van der Waals surface area contributed by atoms with Crippen LogP contribution in [-0.4, -0.2) is 4.98 Å². The van der Waals surface area contributed by atoms with Crippen molar-refractivity contribution in [3.63, 3.8) is 0 Å². The van der Waals surface area contributed by atoms with E-state index >= 15 is 0 Å². The third-order valence-electron chi connectivity index (χ3n) is 1.41. The minimum absolute atomic E-state index is 0.0167. The predicted molar refractivity (Wildman–Crippen MR) is 44.3 cm³/mol. The highest BCUT2D eigenvalue weighted by Gasteiger charge is 2.31. The molecule has 0 bridgehead atoms. The van der Waals surface area contributed by atoms with Crippen LogP contribution in [0.2, 0.25) is 5.15 Å². The van der Waals surface area contributed by atoms with Gasteiger partial charge in [0.15, 0.2) is 0 Å². The van der Waals surface area contributed by atoms with Crippen LogP contribution in [0.25, 0.3) is 6.08 Å². The van der Waals surface area contributed by atoms with Gasteiger partial charge < -0.3 is 0 Å². The van der Waals surface area contributed by atoms with Gasteiger partial charge in [-0.3, -0.25) is 0 Å². The largest absolute Gasteiger partial charge is 0.417 e. The summed E-state index contributed by atoms with van der Waals surface area (Å²) in [5.74, 6) is 0. The zero-order valence-corrected chi connectivity index (χ0v) is 7.15. The predicted octanol–water partition coefficient (Wildman–Crippen LogP) is 3.40. The lowest BCUT2D eigenvalue weighted by atomic mass is 10.2. The maximum absolute atomic E-state index is 12.1. The van der Waals surface area contributed by atoms with Gasteiger partial charge >= 0.3 is 6.18 Å². The number of halogens is 4. The van der Waals surface area contributed by atoms with Crippen LogP contribution < -0.4 is 0 Å². The van der Waals surface area contributed by atoms with Crippen molar-refractivity contribution in [2.75, 3.05) is 0 Å². The number of hydrogen-bond acceptors (Lipinski definition) is 1. The highest BCUT2D eigenvalue weighted by molar-refractivity contribution is 6.30. The zero-order chi connectivity index (χ0) is 10.1. The van der Waals surface area contributed by atoms with Gasteiger partial charge in [-0.15, -0.1) is 0 Å². The highest BCUT2D eigenvalue weighted by Crippen LogP contribution is 2.30. The first-order valence-corrected chi connectivity index (χ1v) is 3.68. The molecule has 0 spiro atoms. The molecular weight excluding hydrogens is 203 g/mol. The standard InChI is InChI=1S/C8H5ClF3N/c1-2-5-3-6(8(10,11)12)4-13-7(5)9/h2-4H,1H2. The summed E-state index contributed by atoms with van der Waals surface area (Å²) < 4.78 is 36.4. The van der Waals surface area contributed by atoms with Gasteiger partial charge in [0.25, 0.3) is 0 Å². The van der Waals surface area contributed by atoms with Crippen molar-refractivity contribution in [3.8, 4) is 0 Å². The maximum atomic E-state index is 12.1. The lowest BCUT2D eigenvalue weighted by Crippen LogP contribution is -2.05. The molecule has 0 atom stereocenters. The first-order valence-electron chi connectivity index (χ1n) is 3.30. The Balaban J connectivity index is 3.21. The Hall–Kier alpha value is -1.03. The maximum Gasteiger partial charge on any atom is 0.417 e. The van der Waals surface area contributed by atoms with Crippen LogP contribution in [0.3, 0.4) is 0 Å². The molecule has 0 unspecified atom stereocenters. The number of rotatable bonds is 1. The van der Waals surface area contributed by atoms with Crippen LogP contribution >= 0.6 is 11.6 Å². The first kappa shape index (κ1) is 10.1. The average Bonchev–Trinajstić information content (AvgIpc) is 2.03. The fraction of sp³-hybridized carbons (Fsp3) is 0.125. The van der Waals surface area contributed by atoms with E-state index in [0.717, 1.165) is 6.07 Å². The normalized spacial score (nSPS) is 11.4. The molecule has 0 aliphatic heterocycles. The molecule has 0 fully saturated rings. The fourth-order valence-electron chi connectivity index (χ4n) is 0.763. The lowest BCUT2D eigenvalue weighted by Gasteiger charge is -2.06. The van der Waals surface area contributed by atoms with Crippen molar-refractivity contribution < 1.29 is 13.2 Å². The Morgan fingerprint density at radius 1 is 1.46 bits per heavy atom. The van der Waals surface area contributed by atoms with E-state index in [2.05, 4.69) is 11.6 Å². The smallest absolute Gasteiger partial charge is 0.243 e. The third-order valence-corrected chi connectivity index (χ3v) is 1.73. The summed E-state index contributed by atoms with van der Waals surface area (Å²) in [4.78, 5) is 3.39. The van der Waals surface area contributed by atoms with Crippen LogP contribution in [0.15, 0.2) is 18.8 Å². The quantitative estimate of drug-likeness (QED) is 0.644. The third kappa shape index (κ3) is 2.21. The topological polar surface area (TPSA) is 12.9 Å². The van der Waals surface area contributed by atoms with E-state index in [-0.39, 0.29) is 10.7 Å². The average molecular weight is 208 g/mol. The number of hydrogen-bond donors (Lipinski definition) is 0. The van der Waals surface area contributed by atoms with Gasteiger partial charge in [0.2, 0.25) is 0 Å². The van der Waals surface area contributed by atoms with E-state index in [1.165, 1.54) is 6.08 Å². The Labute approximate surface area is 77.9 Å². The molecule has 5 heteroatoms.